The standard InChI is InChI=1S/C13H12Cl2FN3O3/c1-6(2)22-11(20)7-4-10(9(16)5-8(7)14)19-12(15)17-18(3)13(19)21/h4-6H,1-3H3. The van der Waals surface area contributed by atoms with Crippen LogP contribution in [0.3, 0.4) is 0 Å². The van der Waals surface area contributed by atoms with E-state index in [2.05, 4.69) is 5.10 Å². The van der Waals surface area contributed by atoms with Crippen LogP contribution in [0.1, 0.15) is 24.2 Å². The van der Waals surface area contributed by atoms with Gasteiger partial charge in [-0.1, -0.05) is 11.6 Å². The first kappa shape index (κ1) is 16.5. The summed E-state index contributed by atoms with van der Waals surface area (Å²) in [4.78, 5) is 23.9. The molecule has 0 N–H and O–H groups in total. The Bertz CT molecular complexity index is 799. The van der Waals surface area contributed by atoms with Crippen LogP contribution in [0.4, 0.5) is 4.39 Å². The summed E-state index contributed by atoms with van der Waals surface area (Å²) in [6.45, 7) is 3.33. The lowest BCUT2D eigenvalue weighted by atomic mass is 10.2. The summed E-state index contributed by atoms with van der Waals surface area (Å²) in [6.07, 6.45) is -0.373. The summed E-state index contributed by atoms with van der Waals surface area (Å²) in [7, 11) is 1.37. The van der Waals surface area contributed by atoms with E-state index >= 15 is 0 Å². The molecule has 0 saturated carbocycles. The predicted molar refractivity (Wildman–Crippen MR) is 79.3 cm³/mol. The summed E-state index contributed by atoms with van der Waals surface area (Å²) >= 11 is 11.7. The molecule has 0 aliphatic carbocycles. The number of carbonyl (C=O) groups excluding carboxylic acids is 1. The minimum atomic E-state index is -0.817. The molecular weight excluding hydrogens is 336 g/mol. The largest absolute Gasteiger partial charge is 0.459 e. The fraction of sp³-hybridized carbons (Fsp3) is 0.308. The van der Waals surface area contributed by atoms with E-state index in [1.807, 2.05) is 0 Å². The average molecular weight is 348 g/mol. The second kappa shape index (κ2) is 6.10. The van der Waals surface area contributed by atoms with Gasteiger partial charge in [0.25, 0.3) is 0 Å². The van der Waals surface area contributed by atoms with E-state index in [4.69, 9.17) is 27.9 Å². The molecule has 1 aromatic heterocycles. The monoisotopic (exact) mass is 347 g/mol. The lowest BCUT2D eigenvalue weighted by Crippen LogP contribution is -2.22. The van der Waals surface area contributed by atoms with Crippen molar-refractivity contribution in [1.29, 1.82) is 0 Å². The Kier molecular flexibility index (Phi) is 4.58. The zero-order valence-corrected chi connectivity index (χ0v) is 13.4. The number of esters is 1. The fourth-order valence-corrected chi connectivity index (χ4v) is 2.28. The molecule has 0 aliphatic heterocycles. The van der Waals surface area contributed by atoms with Gasteiger partial charge in [-0.05, 0) is 37.6 Å². The molecule has 0 fully saturated rings. The maximum Gasteiger partial charge on any atom is 0.351 e. The molecule has 22 heavy (non-hydrogen) atoms. The lowest BCUT2D eigenvalue weighted by molar-refractivity contribution is 0.0378. The number of aryl methyl sites for hydroxylation is 1. The number of benzene rings is 1. The molecule has 0 atom stereocenters. The van der Waals surface area contributed by atoms with Crippen LogP contribution in [-0.2, 0) is 11.8 Å². The maximum absolute atomic E-state index is 14.1. The van der Waals surface area contributed by atoms with Crippen LogP contribution in [0.15, 0.2) is 16.9 Å². The molecular formula is C13H12Cl2FN3O3. The molecule has 9 heteroatoms. The molecule has 2 aromatic rings. The van der Waals surface area contributed by atoms with Gasteiger partial charge in [0.15, 0.2) is 0 Å². The molecule has 0 bridgehead atoms. The number of halogens is 3. The smallest absolute Gasteiger partial charge is 0.351 e. The first-order valence-corrected chi connectivity index (χ1v) is 7.00. The van der Waals surface area contributed by atoms with Crippen LogP contribution in [0.5, 0.6) is 0 Å². The van der Waals surface area contributed by atoms with Crippen LogP contribution in [0.25, 0.3) is 5.69 Å². The van der Waals surface area contributed by atoms with E-state index in [9.17, 15) is 14.0 Å². The van der Waals surface area contributed by atoms with Crippen molar-refractivity contribution in [2.24, 2.45) is 7.05 Å². The van der Waals surface area contributed by atoms with Gasteiger partial charge in [0.1, 0.15) is 5.82 Å². The van der Waals surface area contributed by atoms with Crippen LogP contribution in [-0.4, -0.2) is 26.4 Å². The fourth-order valence-electron chi connectivity index (χ4n) is 1.78. The zero-order valence-electron chi connectivity index (χ0n) is 11.9. The highest BCUT2D eigenvalue weighted by Crippen LogP contribution is 2.25. The molecule has 2 rings (SSSR count). The van der Waals surface area contributed by atoms with Gasteiger partial charge in [-0.15, -0.1) is 5.10 Å². The van der Waals surface area contributed by atoms with Crippen LogP contribution < -0.4 is 5.69 Å². The summed E-state index contributed by atoms with van der Waals surface area (Å²) in [5.41, 5.74) is -0.962. The Morgan fingerprint density at radius 1 is 1.36 bits per heavy atom. The van der Waals surface area contributed by atoms with Gasteiger partial charge in [-0.2, -0.15) is 0 Å². The van der Waals surface area contributed by atoms with Gasteiger partial charge in [-0.3, -0.25) is 0 Å². The van der Waals surface area contributed by atoms with Crippen molar-refractivity contribution in [3.05, 3.63) is 44.3 Å². The van der Waals surface area contributed by atoms with Gasteiger partial charge >= 0.3 is 11.7 Å². The molecule has 0 saturated heterocycles. The molecule has 0 unspecified atom stereocenters. The highest BCUT2D eigenvalue weighted by atomic mass is 35.5. The van der Waals surface area contributed by atoms with Gasteiger partial charge < -0.3 is 4.74 Å². The molecule has 0 amide bonds. The highest BCUT2D eigenvalue weighted by molar-refractivity contribution is 6.33. The van der Waals surface area contributed by atoms with E-state index in [1.165, 1.54) is 7.05 Å². The van der Waals surface area contributed by atoms with E-state index in [-0.39, 0.29) is 27.7 Å². The average Bonchev–Trinajstić information content (AvgIpc) is 2.63. The summed E-state index contributed by atoms with van der Waals surface area (Å²) in [5, 5.41) is 3.33. The van der Waals surface area contributed by atoms with Crippen molar-refractivity contribution >= 4 is 29.2 Å². The Morgan fingerprint density at radius 3 is 2.50 bits per heavy atom. The molecule has 0 radical (unpaired) electrons. The zero-order chi connectivity index (χ0) is 16.6. The third-order valence-electron chi connectivity index (χ3n) is 2.73. The molecule has 6 nitrogen and oxygen atoms in total. The van der Waals surface area contributed by atoms with Gasteiger partial charge in [0.05, 0.1) is 22.4 Å². The summed E-state index contributed by atoms with van der Waals surface area (Å²) in [5.74, 6) is -1.54. The minimum Gasteiger partial charge on any atom is -0.459 e. The van der Waals surface area contributed by atoms with Crippen molar-refractivity contribution in [2.45, 2.75) is 20.0 Å². The van der Waals surface area contributed by atoms with Crippen molar-refractivity contribution in [3.63, 3.8) is 0 Å². The predicted octanol–water partition coefficient (Wildman–Crippen LogP) is 2.58. The topological polar surface area (TPSA) is 66.1 Å². The molecule has 0 aliphatic rings. The number of carbonyl (C=O) groups is 1. The number of nitrogens with zero attached hydrogens (tertiary/aromatic N) is 3. The van der Waals surface area contributed by atoms with Crippen molar-refractivity contribution in [2.75, 3.05) is 0 Å². The van der Waals surface area contributed by atoms with Crippen LogP contribution >= 0.6 is 23.2 Å². The van der Waals surface area contributed by atoms with E-state index in [1.54, 1.807) is 13.8 Å². The number of hydrogen-bond acceptors (Lipinski definition) is 4. The summed E-state index contributed by atoms with van der Waals surface area (Å²) < 4.78 is 20.9. The maximum atomic E-state index is 14.1. The second-order valence-electron chi connectivity index (χ2n) is 4.75. The Hall–Kier alpha value is -1.86. The molecule has 1 heterocycles. The third-order valence-corrected chi connectivity index (χ3v) is 3.28. The van der Waals surface area contributed by atoms with Gasteiger partial charge in [0.2, 0.25) is 5.28 Å². The number of hydrogen-bond donors (Lipinski definition) is 0. The highest BCUT2D eigenvalue weighted by Gasteiger charge is 2.21. The van der Waals surface area contributed by atoms with Crippen molar-refractivity contribution in [3.8, 4) is 5.69 Å². The van der Waals surface area contributed by atoms with Gasteiger partial charge in [0, 0.05) is 7.05 Å². The van der Waals surface area contributed by atoms with Crippen molar-refractivity contribution in [1.82, 2.24) is 14.3 Å². The first-order chi connectivity index (χ1) is 10.2. The minimum absolute atomic E-state index is 0.0708. The first-order valence-electron chi connectivity index (χ1n) is 6.24. The third kappa shape index (κ3) is 3.00. The number of rotatable bonds is 3. The number of ether oxygens (including phenoxy) is 1. The molecule has 1 aromatic carbocycles. The Morgan fingerprint density at radius 2 is 2.00 bits per heavy atom. The van der Waals surface area contributed by atoms with Crippen molar-refractivity contribution < 1.29 is 13.9 Å². The normalized spacial score (nSPS) is 11.0. The Balaban J connectivity index is 2.63. The molecule has 118 valence electrons. The van der Waals surface area contributed by atoms with Crippen LogP contribution in [0, 0.1) is 5.82 Å². The molecule has 0 spiro atoms. The van der Waals surface area contributed by atoms with Gasteiger partial charge in [-0.25, -0.2) is 23.2 Å². The SMILES string of the molecule is CC(C)OC(=O)c1cc(-n2c(Cl)nn(C)c2=O)c(F)cc1Cl. The lowest BCUT2D eigenvalue weighted by Gasteiger charge is -2.11. The quantitative estimate of drug-likeness (QED) is 0.800. The van der Waals surface area contributed by atoms with E-state index in [0.717, 1.165) is 21.4 Å². The number of aromatic nitrogens is 3. The second-order valence-corrected chi connectivity index (χ2v) is 5.49. The van der Waals surface area contributed by atoms with E-state index < -0.39 is 17.5 Å². The van der Waals surface area contributed by atoms with Crippen LogP contribution in [0.2, 0.25) is 10.3 Å². The van der Waals surface area contributed by atoms with E-state index in [0.29, 0.717) is 0 Å². The summed E-state index contributed by atoms with van der Waals surface area (Å²) in [6, 6.07) is 2.03. The Labute approximate surface area is 135 Å².